The Balaban J connectivity index is 1.36. The molecule has 37 heavy (non-hydrogen) atoms. The summed E-state index contributed by atoms with van der Waals surface area (Å²) in [5.74, 6) is -0.218. The summed E-state index contributed by atoms with van der Waals surface area (Å²) in [4.78, 5) is 31.8. The van der Waals surface area contributed by atoms with Crippen molar-refractivity contribution in [3.05, 3.63) is 87.4 Å². The minimum absolute atomic E-state index is 0.102. The van der Waals surface area contributed by atoms with Crippen molar-refractivity contribution in [2.75, 3.05) is 32.8 Å². The third kappa shape index (κ3) is 5.86. The molecular weight excluding hydrogens is 491 g/mol. The van der Waals surface area contributed by atoms with Gasteiger partial charge in [-0.25, -0.2) is 4.39 Å². The number of amides is 2. The number of thiophene rings is 1. The molecule has 0 radical (unpaired) electrons. The van der Waals surface area contributed by atoms with Crippen LogP contribution >= 0.6 is 11.3 Å². The smallest absolute Gasteiger partial charge is 0.254 e. The molecule has 3 aromatic rings. The Bertz CT molecular complexity index is 1260. The summed E-state index contributed by atoms with van der Waals surface area (Å²) >= 11 is 1.70. The number of carbonyl (C=O) groups excluding carboxylic acids is 2. The Labute approximate surface area is 220 Å². The molecule has 2 amide bonds. The van der Waals surface area contributed by atoms with E-state index in [0.717, 1.165) is 36.1 Å². The highest BCUT2D eigenvalue weighted by atomic mass is 32.1. The van der Waals surface area contributed by atoms with Crippen LogP contribution in [0.5, 0.6) is 5.75 Å². The number of aryl methyl sites for hydroxylation is 1. The monoisotopic (exact) mass is 522 g/mol. The van der Waals surface area contributed by atoms with Crippen molar-refractivity contribution in [1.29, 1.82) is 0 Å². The minimum atomic E-state index is -0.483. The molecule has 0 bridgehead atoms. The summed E-state index contributed by atoms with van der Waals surface area (Å²) in [5.41, 5.74) is 2.36. The van der Waals surface area contributed by atoms with Gasteiger partial charge in [0, 0.05) is 30.1 Å². The average molecular weight is 523 g/mol. The summed E-state index contributed by atoms with van der Waals surface area (Å²) in [7, 11) is 0. The molecule has 5 rings (SSSR count). The topological polar surface area (TPSA) is 59.1 Å². The van der Waals surface area contributed by atoms with E-state index in [9.17, 15) is 14.0 Å². The van der Waals surface area contributed by atoms with Crippen LogP contribution in [-0.2, 0) is 16.0 Å². The van der Waals surface area contributed by atoms with Gasteiger partial charge in [0.2, 0.25) is 5.91 Å². The SMILES string of the molecule is Cc1ccccc1OC[C@@H]1c2ccsc2CCN1C(=O)CN(C[C@@H]1CCCO1)C(=O)c1cccc(F)c1. The normalized spacial score (nSPS) is 18.9. The first kappa shape index (κ1) is 25.4. The first-order valence-electron chi connectivity index (χ1n) is 12.7. The van der Waals surface area contributed by atoms with Crippen molar-refractivity contribution in [2.45, 2.75) is 38.3 Å². The van der Waals surface area contributed by atoms with Crippen molar-refractivity contribution in [2.24, 2.45) is 0 Å². The predicted molar refractivity (Wildman–Crippen MR) is 140 cm³/mol. The predicted octanol–water partition coefficient (Wildman–Crippen LogP) is 5.02. The Morgan fingerprint density at radius 2 is 2.05 bits per heavy atom. The zero-order chi connectivity index (χ0) is 25.8. The van der Waals surface area contributed by atoms with Crippen LogP contribution in [0.3, 0.4) is 0 Å². The molecule has 2 aromatic carbocycles. The second-order valence-electron chi connectivity index (χ2n) is 9.56. The van der Waals surface area contributed by atoms with Crippen molar-refractivity contribution in [3.63, 3.8) is 0 Å². The molecule has 2 atom stereocenters. The lowest BCUT2D eigenvalue weighted by Crippen LogP contribution is -2.49. The number of para-hydroxylation sites is 1. The van der Waals surface area contributed by atoms with Crippen LogP contribution in [0, 0.1) is 12.7 Å². The van der Waals surface area contributed by atoms with Crippen molar-refractivity contribution < 1.29 is 23.5 Å². The lowest BCUT2D eigenvalue weighted by atomic mass is 10.00. The van der Waals surface area contributed by atoms with E-state index in [1.54, 1.807) is 17.4 Å². The van der Waals surface area contributed by atoms with E-state index in [1.807, 2.05) is 36.1 Å². The fourth-order valence-electron chi connectivity index (χ4n) is 5.07. The van der Waals surface area contributed by atoms with E-state index in [-0.39, 0.29) is 36.1 Å². The molecule has 0 N–H and O–H groups in total. The van der Waals surface area contributed by atoms with Gasteiger partial charge in [0.15, 0.2) is 0 Å². The lowest BCUT2D eigenvalue weighted by molar-refractivity contribution is -0.135. The average Bonchev–Trinajstić information content (AvgIpc) is 3.59. The fourth-order valence-corrected chi connectivity index (χ4v) is 6.00. The Kier molecular flexibility index (Phi) is 7.86. The number of halogens is 1. The molecular formula is C29H31FN2O4S. The molecule has 3 heterocycles. The quantitative estimate of drug-likeness (QED) is 0.417. The molecule has 0 saturated carbocycles. The molecule has 1 saturated heterocycles. The van der Waals surface area contributed by atoms with Gasteiger partial charge in [-0.3, -0.25) is 9.59 Å². The molecule has 6 nitrogen and oxygen atoms in total. The zero-order valence-corrected chi connectivity index (χ0v) is 21.7. The van der Waals surface area contributed by atoms with E-state index in [0.29, 0.717) is 26.3 Å². The van der Waals surface area contributed by atoms with Crippen molar-refractivity contribution >= 4 is 23.2 Å². The fraction of sp³-hybridized carbons (Fsp3) is 0.379. The van der Waals surface area contributed by atoms with Crippen LogP contribution in [0.25, 0.3) is 0 Å². The number of rotatable bonds is 8. The van der Waals surface area contributed by atoms with Crippen LogP contribution in [0.2, 0.25) is 0 Å². The first-order chi connectivity index (χ1) is 18.0. The number of ether oxygens (including phenoxy) is 2. The Morgan fingerprint density at radius 3 is 2.84 bits per heavy atom. The molecule has 0 spiro atoms. The molecule has 194 valence electrons. The number of carbonyl (C=O) groups is 2. The van der Waals surface area contributed by atoms with Gasteiger partial charge in [-0.2, -0.15) is 0 Å². The summed E-state index contributed by atoms with van der Waals surface area (Å²) in [5, 5.41) is 2.05. The number of benzene rings is 2. The second-order valence-corrected chi connectivity index (χ2v) is 10.6. The molecule has 0 unspecified atom stereocenters. The van der Waals surface area contributed by atoms with E-state index < -0.39 is 5.82 Å². The van der Waals surface area contributed by atoms with Gasteiger partial charge < -0.3 is 19.3 Å². The van der Waals surface area contributed by atoms with Gasteiger partial charge in [-0.15, -0.1) is 11.3 Å². The Hall–Kier alpha value is -3.23. The van der Waals surface area contributed by atoms with Gasteiger partial charge in [0.1, 0.15) is 24.7 Å². The van der Waals surface area contributed by atoms with E-state index in [4.69, 9.17) is 9.47 Å². The molecule has 1 fully saturated rings. The highest BCUT2D eigenvalue weighted by Crippen LogP contribution is 2.34. The number of nitrogens with zero attached hydrogens (tertiary/aromatic N) is 2. The molecule has 2 aliphatic rings. The summed E-state index contributed by atoms with van der Waals surface area (Å²) in [6, 6.07) is 15.2. The second kappa shape index (κ2) is 11.4. The summed E-state index contributed by atoms with van der Waals surface area (Å²) in [6.07, 6.45) is 2.39. The maximum atomic E-state index is 13.9. The molecule has 0 aliphatic carbocycles. The molecule has 1 aromatic heterocycles. The first-order valence-corrected chi connectivity index (χ1v) is 13.6. The van der Waals surface area contributed by atoms with Gasteiger partial charge >= 0.3 is 0 Å². The zero-order valence-electron chi connectivity index (χ0n) is 20.9. The van der Waals surface area contributed by atoms with Gasteiger partial charge in [-0.05, 0) is 73.0 Å². The lowest BCUT2D eigenvalue weighted by Gasteiger charge is -2.37. The number of fused-ring (bicyclic) bond motifs is 1. The summed E-state index contributed by atoms with van der Waals surface area (Å²) < 4.78 is 25.8. The number of hydrogen-bond acceptors (Lipinski definition) is 5. The largest absolute Gasteiger partial charge is 0.491 e. The van der Waals surface area contributed by atoms with Crippen LogP contribution in [0.15, 0.2) is 60.0 Å². The van der Waals surface area contributed by atoms with Crippen LogP contribution in [0.4, 0.5) is 4.39 Å². The van der Waals surface area contributed by atoms with E-state index in [2.05, 4.69) is 11.4 Å². The maximum absolute atomic E-state index is 13.9. The van der Waals surface area contributed by atoms with Crippen LogP contribution in [0.1, 0.15) is 45.2 Å². The summed E-state index contributed by atoms with van der Waals surface area (Å²) in [6.45, 7) is 3.71. The van der Waals surface area contributed by atoms with Crippen LogP contribution < -0.4 is 4.74 Å². The van der Waals surface area contributed by atoms with Crippen molar-refractivity contribution in [3.8, 4) is 5.75 Å². The number of hydrogen-bond donors (Lipinski definition) is 0. The highest BCUT2D eigenvalue weighted by Gasteiger charge is 2.34. The third-order valence-electron chi connectivity index (χ3n) is 7.04. The van der Waals surface area contributed by atoms with E-state index in [1.165, 1.54) is 28.0 Å². The van der Waals surface area contributed by atoms with Crippen molar-refractivity contribution in [1.82, 2.24) is 9.80 Å². The molecule has 2 aliphatic heterocycles. The van der Waals surface area contributed by atoms with E-state index >= 15 is 0 Å². The standard InChI is InChI=1S/C29H31FN2O4S/c1-20-6-2-3-10-26(20)36-19-25-24-12-15-37-27(24)11-13-32(25)28(33)18-31(17-23-9-5-14-35-23)29(34)21-7-4-8-22(30)16-21/h2-4,6-8,10,12,15-16,23,25H,5,9,11,13-14,17-19H2,1H3/t23-,25+/m0/s1. The Morgan fingerprint density at radius 1 is 1.19 bits per heavy atom. The maximum Gasteiger partial charge on any atom is 0.254 e. The van der Waals surface area contributed by atoms with Gasteiger partial charge in [0.05, 0.1) is 12.1 Å². The van der Waals surface area contributed by atoms with Gasteiger partial charge in [-0.1, -0.05) is 24.3 Å². The minimum Gasteiger partial charge on any atom is -0.491 e. The molecule has 8 heteroatoms. The third-order valence-corrected chi connectivity index (χ3v) is 8.03. The highest BCUT2D eigenvalue weighted by molar-refractivity contribution is 7.10. The van der Waals surface area contributed by atoms with Crippen LogP contribution in [-0.4, -0.2) is 60.6 Å². The van der Waals surface area contributed by atoms with Gasteiger partial charge in [0.25, 0.3) is 5.91 Å².